The molecule has 0 aliphatic carbocycles. The molecule has 0 bridgehead atoms. The van der Waals surface area contributed by atoms with Crippen LogP contribution in [0.15, 0.2) is 71.8 Å². The van der Waals surface area contributed by atoms with Crippen LogP contribution in [0.2, 0.25) is 10.0 Å². The molecule has 1 amide bonds. The van der Waals surface area contributed by atoms with Gasteiger partial charge in [-0.3, -0.25) is 4.79 Å². The van der Waals surface area contributed by atoms with Crippen molar-refractivity contribution in [1.82, 2.24) is 5.43 Å². The molecule has 0 spiro atoms. The maximum atomic E-state index is 12.1. The van der Waals surface area contributed by atoms with Crippen LogP contribution in [0.3, 0.4) is 0 Å². The molecule has 0 saturated carbocycles. The number of benzene rings is 3. The van der Waals surface area contributed by atoms with Crippen molar-refractivity contribution in [2.75, 3.05) is 7.11 Å². The van der Waals surface area contributed by atoms with Crippen molar-refractivity contribution in [3.8, 4) is 11.5 Å². The summed E-state index contributed by atoms with van der Waals surface area (Å²) < 4.78 is 11.3. The maximum absolute atomic E-state index is 12.1. The highest BCUT2D eigenvalue weighted by Crippen LogP contribution is 2.32. The Hall–Kier alpha value is -3.02. The number of nitrogens with zero attached hydrogens (tertiary/aromatic N) is 1. The van der Waals surface area contributed by atoms with Gasteiger partial charge in [-0.25, -0.2) is 5.43 Å². The largest absolute Gasteiger partial charge is 0.493 e. The van der Waals surface area contributed by atoms with Gasteiger partial charge in [0.15, 0.2) is 11.5 Å². The average Bonchev–Trinajstić information content (AvgIpc) is 2.74. The lowest BCUT2D eigenvalue weighted by molar-refractivity contribution is 0.0955. The minimum atomic E-state index is -0.305. The van der Waals surface area contributed by atoms with E-state index < -0.39 is 0 Å². The number of hydrogen-bond acceptors (Lipinski definition) is 4. The van der Waals surface area contributed by atoms with Gasteiger partial charge in [0, 0.05) is 26.7 Å². The van der Waals surface area contributed by atoms with Crippen molar-refractivity contribution in [3.63, 3.8) is 0 Å². The predicted molar refractivity (Wildman–Crippen MR) is 115 cm³/mol. The number of carbonyl (C=O) groups excluding carboxylic acids is 1. The Morgan fingerprint density at radius 1 is 1.07 bits per heavy atom. The van der Waals surface area contributed by atoms with Crippen molar-refractivity contribution in [2.24, 2.45) is 5.10 Å². The zero-order valence-corrected chi connectivity index (χ0v) is 17.1. The number of methoxy groups -OCH3 is 1. The smallest absolute Gasteiger partial charge is 0.271 e. The second kappa shape index (κ2) is 9.96. The van der Waals surface area contributed by atoms with Gasteiger partial charge < -0.3 is 9.47 Å². The van der Waals surface area contributed by atoms with Gasteiger partial charge in [0.2, 0.25) is 0 Å². The first-order valence-electron chi connectivity index (χ1n) is 8.70. The summed E-state index contributed by atoms with van der Waals surface area (Å²) in [4.78, 5) is 12.1. The Kier molecular flexibility index (Phi) is 7.11. The highest BCUT2D eigenvalue weighted by atomic mass is 35.5. The topological polar surface area (TPSA) is 59.9 Å². The summed E-state index contributed by atoms with van der Waals surface area (Å²) in [5, 5.41) is 5.10. The van der Waals surface area contributed by atoms with E-state index in [9.17, 15) is 4.79 Å². The fourth-order valence-corrected chi connectivity index (χ4v) is 3.02. The van der Waals surface area contributed by atoms with E-state index in [1.165, 1.54) is 6.21 Å². The van der Waals surface area contributed by atoms with Gasteiger partial charge in [-0.15, -0.1) is 0 Å². The van der Waals surface area contributed by atoms with E-state index in [2.05, 4.69) is 10.5 Å². The molecule has 0 aliphatic rings. The summed E-state index contributed by atoms with van der Waals surface area (Å²) >= 11 is 12.2. The van der Waals surface area contributed by atoms with Crippen LogP contribution in [0, 0.1) is 0 Å². The first-order chi connectivity index (χ1) is 14.1. The number of hydrogen-bond donors (Lipinski definition) is 1. The van der Waals surface area contributed by atoms with Gasteiger partial charge in [-0.1, -0.05) is 53.5 Å². The first kappa shape index (κ1) is 20.7. The molecule has 3 aromatic rings. The van der Waals surface area contributed by atoms with E-state index in [1.54, 1.807) is 67.8 Å². The van der Waals surface area contributed by atoms with Crippen LogP contribution < -0.4 is 14.9 Å². The minimum Gasteiger partial charge on any atom is -0.493 e. The molecule has 0 atom stereocenters. The lowest BCUT2D eigenvalue weighted by atomic mass is 10.2. The predicted octanol–water partition coefficient (Wildman–Crippen LogP) is 5.34. The number of rotatable bonds is 7. The molecule has 5 nitrogen and oxygen atoms in total. The third-order valence-electron chi connectivity index (χ3n) is 4.02. The molecule has 0 aliphatic heterocycles. The average molecular weight is 429 g/mol. The monoisotopic (exact) mass is 428 g/mol. The molecule has 29 heavy (non-hydrogen) atoms. The van der Waals surface area contributed by atoms with Crippen LogP contribution in [0.4, 0.5) is 0 Å². The first-order valence-corrected chi connectivity index (χ1v) is 9.46. The van der Waals surface area contributed by atoms with Crippen molar-refractivity contribution < 1.29 is 14.3 Å². The Labute approximate surface area is 178 Å². The number of halogens is 2. The summed E-state index contributed by atoms with van der Waals surface area (Å²) in [6.45, 7) is 0.216. The summed E-state index contributed by atoms with van der Waals surface area (Å²) in [5.74, 6) is 0.715. The highest BCUT2D eigenvalue weighted by molar-refractivity contribution is 6.35. The molecule has 7 heteroatoms. The van der Waals surface area contributed by atoms with Crippen LogP contribution in [0.1, 0.15) is 21.5 Å². The molecule has 0 radical (unpaired) electrons. The van der Waals surface area contributed by atoms with Crippen LogP contribution in [0.25, 0.3) is 0 Å². The van der Waals surface area contributed by atoms with Gasteiger partial charge in [0.25, 0.3) is 5.91 Å². The van der Waals surface area contributed by atoms with Crippen molar-refractivity contribution in [2.45, 2.75) is 6.61 Å². The Balaban J connectivity index is 1.76. The van der Waals surface area contributed by atoms with Crippen molar-refractivity contribution >= 4 is 35.3 Å². The molecule has 3 aromatic carbocycles. The third kappa shape index (κ3) is 5.50. The zero-order valence-electron chi connectivity index (χ0n) is 15.6. The molecule has 3 rings (SSSR count). The van der Waals surface area contributed by atoms with Crippen molar-refractivity contribution in [1.29, 1.82) is 0 Å². The van der Waals surface area contributed by atoms with Gasteiger partial charge in [-0.2, -0.15) is 5.10 Å². The van der Waals surface area contributed by atoms with Crippen molar-refractivity contribution in [3.05, 3.63) is 93.5 Å². The number of para-hydroxylation sites is 1. The number of ether oxygens (including phenoxy) is 2. The van der Waals surface area contributed by atoms with Gasteiger partial charge >= 0.3 is 0 Å². The summed E-state index contributed by atoms with van der Waals surface area (Å²) in [7, 11) is 1.55. The summed E-state index contributed by atoms with van der Waals surface area (Å²) in [6.07, 6.45) is 1.50. The van der Waals surface area contributed by atoms with Crippen LogP contribution in [-0.4, -0.2) is 19.2 Å². The maximum Gasteiger partial charge on any atom is 0.271 e. The quantitative estimate of drug-likeness (QED) is 0.407. The minimum absolute atomic E-state index is 0.216. The standard InChI is InChI=1S/C22H18Cl2N2O3/c1-28-20-9-5-8-16(13-25-26-22(27)15-6-3-2-4-7-15)21(20)29-14-17-10-11-18(23)12-19(17)24/h2-13H,14H2,1H3,(H,26,27)/b25-13-. The van der Waals surface area contributed by atoms with Crippen LogP contribution >= 0.6 is 23.2 Å². The Morgan fingerprint density at radius 2 is 1.86 bits per heavy atom. The molecule has 0 heterocycles. The van der Waals surface area contributed by atoms with E-state index >= 15 is 0 Å². The molecule has 0 aromatic heterocycles. The number of amides is 1. The number of hydrazone groups is 1. The molecule has 0 fully saturated rings. The molecular formula is C22H18Cl2N2O3. The van der Waals surface area contributed by atoms with Crippen LogP contribution in [-0.2, 0) is 6.61 Å². The van der Waals surface area contributed by atoms with Gasteiger partial charge in [0.05, 0.1) is 13.3 Å². The molecule has 148 valence electrons. The fourth-order valence-electron chi connectivity index (χ4n) is 2.55. The SMILES string of the molecule is COc1cccc(/C=N\NC(=O)c2ccccc2)c1OCc1ccc(Cl)cc1Cl. The summed E-state index contributed by atoms with van der Waals surface area (Å²) in [5.41, 5.74) is 4.44. The van der Waals surface area contributed by atoms with E-state index in [1.807, 2.05) is 6.07 Å². The second-order valence-corrected chi connectivity index (χ2v) is 6.81. The van der Waals surface area contributed by atoms with Gasteiger partial charge in [-0.05, 0) is 36.4 Å². The normalized spacial score (nSPS) is 10.7. The van der Waals surface area contributed by atoms with E-state index in [4.69, 9.17) is 32.7 Å². The molecule has 0 saturated heterocycles. The van der Waals surface area contributed by atoms with Gasteiger partial charge in [0.1, 0.15) is 6.61 Å². The number of nitrogens with one attached hydrogen (secondary N) is 1. The van der Waals surface area contributed by atoms with E-state index in [0.29, 0.717) is 32.7 Å². The zero-order chi connectivity index (χ0) is 20.6. The molecule has 0 unspecified atom stereocenters. The van der Waals surface area contributed by atoms with E-state index in [0.717, 1.165) is 5.56 Å². The molecular weight excluding hydrogens is 411 g/mol. The fraction of sp³-hybridized carbons (Fsp3) is 0.0909. The lowest BCUT2D eigenvalue weighted by Gasteiger charge is -2.14. The highest BCUT2D eigenvalue weighted by Gasteiger charge is 2.11. The van der Waals surface area contributed by atoms with Crippen LogP contribution in [0.5, 0.6) is 11.5 Å². The summed E-state index contributed by atoms with van der Waals surface area (Å²) in [6, 6.07) is 19.4. The Bertz CT molecular complexity index is 1020. The van der Waals surface area contributed by atoms with E-state index in [-0.39, 0.29) is 12.5 Å². The molecule has 1 N–H and O–H groups in total. The third-order valence-corrected chi connectivity index (χ3v) is 4.61. The lowest BCUT2D eigenvalue weighted by Crippen LogP contribution is -2.17. The number of carbonyl (C=O) groups is 1. The Morgan fingerprint density at radius 3 is 2.59 bits per heavy atom. The second-order valence-electron chi connectivity index (χ2n) is 5.97.